The molecule has 1 rings (SSSR count). The number of hydrogen-bond acceptors (Lipinski definition) is 5. The number of carboxylic acids is 1. The van der Waals surface area contributed by atoms with Gasteiger partial charge in [-0.05, 0) is 47.5 Å². The molecule has 0 aromatic rings. The number of hydrogen-bond donors (Lipinski definition) is 1. The minimum atomic E-state index is -3.32. The number of nitrogens with zero attached hydrogens (tertiary/aromatic N) is 1. The van der Waals surface area contributed by atoms with E-state index in [0.717, 1.165) is 0 Å². The van der Waals surface area contributed by atoms with Gasteiger partial charge in [-0.3, -0.25) is 4.79 Å². The molecule has 1 aliphatic rings. The number of carbonyl (C=O) groups excluding carboxylic acids is 1. The van der Waals surface area contributed by atoms with Crippen LogP contribution >= 0.6 is 0 Å². The van der Waals surface area contributed by atoms with E-state index in [4.69, 9.17) is 4.74 Å². The summed E-state index contributed by atoms with van der Waals surface area (Å²) in [4.78, 5) is 25.1. The molecule has 0 saturated carbocycles. The number of carbonyl (C=O) groups is 2. The topological polar surface area (TPSA) is 101 Å². The Hall–Kier alpha value is -1.31. The van der Waals surface area contributed by atoms with Gasteiger partial charge in [-0.25, -0.2) is 13.2 Å². The average Bonchev–Trinajstić information content (AvgIpc) is 2.80. The van der Waals surface area contributed by atoms with Crippen LogP contribution in [0.3, 0.4) is 0 Å². The van der Waals surface area contributed by atoms with Gasteiger partial charge in [0.2, 0.25) is 0 Å². The summed E-state index contributed by atoms with van der Waals surface area (Å²) >= 11 is 0. The fourth-order valence-corrected chi connectivity index (χ4v) is 3.56. The minimum Gasteiger partial charge on any atom is -0.481 e. The number of ether oxygens (including phenoxy) is 1. The molecule has 0 aliphatic carbocycles. The van der Waals surface area contributed by atoms with Gasteiger partial charge in [-0.2, -0.15) is 0 Å². The molecule has 1 unspecified atom stereocenters. The van der Waals surface area contributed by atoms with Crippen LogP contribution in [0.2, 0.25) is 0 Å². The van der Waals surface area contributed by atoms with E-state index in [1.54, 1.807) is 34.6 Å². The van der Waals surface area contributed by atoms with E-state index in [2.05, 4.69) is 0 Å². The maximum atomic E-state index is 12.1. The van der Waals surface area contributed by atoms with Crippen LogP contribution in [-0.4, -0.2) is 60.2 Å². The summed E-state index contributed by atoms with van der Waals surface area (Å²) in [5.41, 5.74) is -1.88. The number of amides is 1. The summed E-state index contributed by atoms with van der Waals surface area (Å²) < 4.78 is 29.2. The van der Waals surface area contributed by atoms with Crippen molar-refractivity contribution < 1.29 is 27.9 Å². The Morgan fingerprint density at radius 2 is 1.87 bits per heavy atom. The molecule has 0 spiro atoms. The van der Waals surface area contributed by atoms with Crippen LogP contribution in [0, 0.1) is 5.41 Å². The van der Waals surface area contributed by atoms with Gasteiger partial charge >= 0.3 is 12.1 Å². The first-order valence-corrected chi connectivity index (χ1v) is 9.43. The van der Waals surface area contributed by atoms with Gasteiger partial charge in [0.25, 0.3) is 0 Å². The van der Waals surface area contributed by atoms with Crippen molar-refractivity contribution in [2.45, 2.75) is 58.3 Å². The smallest absolute Gasteiger partial charge is 0.410 e. The van der Waals surface area contributed by atoms with Crippen LogP contribution < -0.4 is 0 Å². The zero-order valence-electron chi connectivity index (χ0n) is 14.5. The predicted molar refractivity (Wildman–Crippen MR) is 86.0 cm³/mol. The monoisotopic (exact) mass is 349 g/mol. The van der Waals surface area contributed by atoms with E-state index in [0.29, 0.717) is 0 Å². The van der Waals surface area contributed by atoms with Crippen molar-refractivity contribution in [3.63, 3.8) is 0 Å². The molecule has 7 nitrogen and oxygen atoms in total. The highest BCUT2D eigenvalue weighted by Gasteiger charge is 2.47. The van der Waals surface area contributed by atoms with Crippen LogP contribution in [0.25, 0.3) is 0 Å². The van der Waals surface area contributed by atoms with E-state index in [9.17, 15) is 23.1 Å². The average molecular weight is 349 g/mol. The number of sulfone groups is 1. The molecule has 1 fully saturated rings. The molecule has 1 saturated heterocycles. The first-order valence-electron chi connectivity index (χ1n) is 7.72. The fraction of sp³-hybridized carbons (Fsp3) is 0.867. The van der Waals surface area contributed by atoms with E-state index in [1.807, 2.05) is 0 Å². The van der Waals surface area contributed by atoms with Crippen molar-refractivity contribution in [2.24, 2.45) is 5.41 Å². The highest BCUT2D eigenvalue weighted by atomic mass is 32.2. The molecule has 1 heterocycles. The lowest BCUT2D eigenvalue weighted by molar-refractivity contribution is -0.148. The van der Waals surface area contributed by atoms with Gasteiger partial charge in [0.05, 0.1) is 16.4 Å². The second-order valence-corrected chi connectivity index (χ2v) is 10.1. The molecule has 23 heavy (non-hydrogen) atoms. The molecule has 0 aromatic heterocycles. The van der Waals surface area contributed by atoms with Gasteiger partial charge in [0.15, 0.2) is 9.84 Å². The maximum absolute atomic E-state index is 12.1. The number of rotatable bonds is 5. The van der Waals surface area contributed by atoms with Crippen LogP contribution in [0.1, 0.15) is 47.5 Å². The molecular formula is C15H27NO6S. The lowest BCUT2D eigenvalue weighted by Gasteiger charge is -2.27. The van der Waals surface area contributed by atoms with Crippen molar-refractivity contribution in [1.82, 2.24) is 4.90 Å². The predicted octanol–water partition coefficient (Wildman–Crippen LogP) is 1.91. The third-order valence-electron chi connectivity index (χ3n) is 4.04. The van der Waals surface area contributed by atoms with Crippen molar-refractivity contribution in [3.8, 4) is 0 Å². The van der Waals surface area contributed by atoms with Crippen LogP contribution in [0.4, 0.5) is 4.79 Å². The van der Waals surface area contributed by atoms with Crippen LogP contribution in [0.15, 0.2) is 0 Å². The Kier molecular flexibility index (Phi) is 5.72. The van der Waals surface area contributed by atoms with Crippen LogP contribution in [-0.2, 0) is 19.4 Å². The molecule has 0 bridgehead atoms. The summed E-state index contributed by atoms with van der Waals surface area (Å²) in [5, 5.41) is 9.01. The van der Waals surface area contributed by atoms with E-state index >= 15 is 0 Å². The lowest BCUT2D eigenvalue weighted by atomic mass is 9.84. The van der Waals surface area contributed by atoms with E-state index in [-0.39, 0.29) is 31.7 Å². The summed E-state index contributed by atoms with van der Waals surface area (Å²) in [6.45, 7) is 8.59. The second-order valence-electron chi connectivity index (χ2n) is 7.40. The van der Waals surface area contributed by atoms with Gasteiger partial charge in [-0.15, -0.1) is 0 Å². The summed E-state index contributed by atoms with van der Waals surface area (Å²) in [7, 11) is -3.32. The van der Waals surface area contributed by atoms with Crippen molar-refractivity contribution in [2.75, 3.05) is 18.8 Å². The third kappa shape index (κ3) is 5.09. The third-order valence-corrected chi connectivity index (χ3v) is 6.25. The zero-order valence-corrected chi connectivity index (χ0v) is 15.3. The Bertz CT molecular complexity index is 563. The molecule has 0 radical (unpaired) electrons. The standard InChI is InChI=1S/C15H27NO6S/c1-11(2)23(20,21)9-7-15(12(17)18)6-8-16(10-15)13(19)22-14(3,4)5/h11H,6-10H2,1-5H3,(H,17,18). The fourth-order valence-electron chi connectivity index (χ4n) is 2.41. The normalized spacial score (nSPS) is 22.4. The van der Waals surface area contributed by atoms with Gasteiger partial charge in [-0.1, -0.05) is 0 Å². The van der Waals surface area contributed by atoms with E-state index < -0.39 is 38.2 Å². The Morgan fingerprint density at radius 3 is 2.30 bits per heavy atom. The highest BCUT2D eigenvalue weighted by Crippen LogP contribution is 2.36. The quantitative estimate of drug-likeness (QED) is 0.813. The summed E-state index contributed by atoms with van der Waals surface area (Å²) in [6.07, 6.45) is -0.329. The molecule has 1 N–H and O–H groups in total. The molecule has 0 aromatic carbocycles. The molecule has 8 heteroatoms. The molecule has 1 aliphatic heterocycles. The Balaban J connectivity index is 2.82. The number of carboxylic acid groups (broad SMARTS) is 1. The van der Waals surface area contributed by atoms with Crippen molar-refractivity contribution >= 4 is 21.9 Å². The second kappa shape index (κ2) is 6.67. The van der Waals surface area contributed by atoms with Crippen molar-refractivity contribution in [3.05, 3.63) is 0 Å². The number of likely N-dealkylation sites (tertiary alicyclic amines) is 1. The SMILES string of the molecule is CC(C)S(=O)(=O)CCC1(C(=O)O)CCN(C(=O)OC(C)(C)C)C1. The summed E-state index contributed by atoms with van der Waals surface area (Å²) in [5.74, 6) is -1.26. The first-order chi connectivity index (χ1) is 10.3. The molecule has 1 atom stereocenters. The molecular weight excluding hydrogens is 322 g/mol. The zero-order chi connectivity index (χ0) is 18.1. The van der Waals surface area contributed by atoms with Crippen molar-refractivity contribution in [1.29, 1.82) is 0 Å². The molecule has 1 amide bonds. The Labute approximate surface area is 137 Å². The minimum absolute atomic E-state index is 0.00213. The molecule has 134 valence electrons. The van der Waals surface area contributed by atoms with Gasteiger partial charge < -0.3 is 14.7 Å². The van der Waals surface area contributed by atoms with E-state index in [1.165, 1.54) is 4.90 Å². The highest BCUT2D eigenvalue weighted by molar-refractivity contribution is 7.91. The largest absolute Gasteiger partial charge is 0.481 e. The number of aliphatic carboxylic acids is 1. The summed E-state index contributed by atoms with van der Waals surface area (Å²) in [6, 6.07) is 0. The van der Waals surface area contributed by atoms with Gasteiger partial charge in [0.1, 0.15) is 5.60 Å². The Morgan fingerprint density at radius 1 is 1.30 bits per heavy atom. The van der Waals surface area contributed by atoms with Gasteiger partial charge in [0, 0.05) is 13.1 Å². The lowest BCUT2D eigenvalue weighted by Crippen LogP contribution is -2.40. The van der Waals surface area contributed by atoms with Crippen LogP contribution in [0.5, 0.6) is 0 Å². The first kappa shape index (κ1) is 19.7. The maximum Gasteiger partial charge on any atom is 0.410 e.